The van der Waals surface area contributed by atoms with E-state index in [9.17, 15) is 33.1 Å². The number of carboxylic acids is 1. The number of aliphatic carboxylic acids is 1. The molecular formula is C22H18F2N2O8S. The number of rotatable bonds is 8. The number of nitrogens with zero attached hydrogens (tertiary/aromatic N) is 1. The number of hydrogen-bond acceptors (Lipinski definition) is 8. The van der Waals surface area contributed by atoms with Crippen molar-refractivity contribution < 1.29 is 47.0 Å². The van der Waals surface area contributed by atoms with Gasteiger partial charge in [-0.2, -0.15) is 0 Å². The molecule has 0 aliphatic carbocycles. The molecule has 1 aromatic heterocycles. The fourth-order valence-corrected chi connectivity index (χ4v) is 4.84. The molecule has 2 atom stereocenters. The molecule has 13 heteroatoms. The summed E-state index contributed by atoms with van der Waals surface area (Å²) in [7, 11) is 0. The minimum absolute atomic E-state index is 0.139. The van der Waals surface area contributed by atoms with E-state index in [0.29, 0.717) is 6.07 Å². The van der Waals surface area contributed by atoms with Crippen LogP contribution < -0.4 is 10.1 Å². The molecule has 1 aromatic carbocycles. The van der Waals surface area contributed by atoms with Crippen molar-refractivity contribution in [3.05, 3.63) is 64.8 Å². The highest BCUT2D eigenvalue weighted by Gasteiger charge is 2.54. The predicted molar refractivity (Wildman–Crippen MR) is 115 cm³/mol. The van der Waals surface area contributed by atoms with Crippen molar-refractivity contribution in [1.29, 1.82) is 0 Å². The molecule has 4 rings (SSSR count). The lowest BCUT2D eigenvalue weighted by atomic mass is 10.0. The Hall–Kier alpha value is -3.87. The molecule has 2 aliphatic rings. The summed E-state index contributed by atoms with van der Waals surface area (Å²) in [6.45, 7) is 0.701. The van der Waals surface area contributed by atoms with E-state index in [4.69, 9.17) is 13.9 Å². The maximum absolute atomic E-state index is 13.7. The van der Waals surface area contributed by atoms with Crippen LogP contribution in [0.1, 0.15) is 23.2 Å². The number of thioether (sulfide) groups is 1. The normalized spacial score (nSPS) is 19.1. The lowest BCUT2D eigenvalue weighted by Gasteiger charge is -2.49. The van der Waals surface area contributed by atoms with Crippen molar-refractivity contribution >= 4 is 35.5 Å². The van der Waals surface area contributed by atoms with Gasteiger partial charge in [0.2, 0.25) is 0 Å². The van der Waals surface area contributed by atoms with E-state index in [1.807, 2.05) is 0 Å². The number of carbonyl (C=O) groups excluding carboxylic acids is 3. The molecule has 1 fully saturated rings. The van der Waals surface area contributed by atoms with Crippen molar-refractivity contribution in [3.8, 4) is 5.75 Å². The lowest BCUT2D eigenvalue weighted by Crippen LogP contribution is -2.70. The van der Waals surface area contributed by atoms with Crippen molar-refractivity contribution in [1.82, 2.24) is 10.2 Å². The van der Waals surface area contributed by atoms with E-state index in [2.05, 4.69) is 5.32 Å². The van der Waals surface area contributed by atoms with Gasteiger partial charge in [0.15, 0.2) is 17.3 Å². The maximum Gasteiger partial charge on any atom is 0.352 e. The largest absolute Gasteiger partial charge is 0.483 e. The number of amides is 2. The number of fused-ring (bicyclic) bond motifs is 1. The Morgan fingerprint density at radius 3 is 2.69 bits per heavy atom. The predicted octanol–water partition coefficient (Wildman–Crippen LogP) is 2.05. The summed E-state index contributed by atoms with van der Waals surface area (Å²) in [5.74, 6) is -4.87. The van der Waals surface area contributed by atoms with Crippen molar-refractivity contribution in [2.75, 3.05) is 12.4 Å². The van der Waals surface area contributed by atoms with Gasteiger partial charge in [-0.25, -0.2) is 13.6 Å². The first-order chi connectivity index (χ1) is 16.7. The Balaban J connectivity index is 1.38. The highest BCUT2D eigenvalue weighted by Crippen LogP contribution is 2.40. The minimum atomic E-state index is -1.34. The molecule has 1 saturated heterocycles. The van der Waals surface area contributed by atoms with Crippen LogP contribution in [0, 0.1) is 11.6 Å². The molecule has 2 unspecified atom stereocenters. The number of halogens is 2. The third kappa shape index (κ3) is 4.99. The molecule has 0 bridgehead atoms. The van der Waals surface area contributed by atoms with Gasteiger partial charge in [-0.1, -0.05) is 0 Å². The van der Waals surface area contributed by atoms with E-state index < -0.39 is 46.8 Å². The van der Waals surface area contributed by atoms with Gasteiger partial charge in [-0.15, -0.1) is 11.8 Å². The zero-order valence-electron chi connectivity index (χ0n) is 18.1. The zero-order chi connectivity index (χ0) is 25.3. The molecule has 10 nitrogen and oxygen atoms in total. The Morgan fingerprint density at radius 1 is 1.23 bits per heavy atom. The first-order valence-corrected chi connectivity index (χ1v) is 11.2. The summed E-state index contributed by atoms with van der Waals surface area (Å²) < 4.78 is 42.1. The number of nitrogens with one attached hydrogen (secondary N) is 1. The smallest absolute Gasteiger partial charge is 0.352 e. The number of carboxylic acid groups (broad SMARTS) is 1. The van der Waals surface area contributed by atoms with Crippen LogP contribution in [0.5, 0.6) is 5.75 Å². The number of hydrogen-bond donors (Lipinski definition) is 2. The van der Waals surface area contributed by atoms with Crippen molar-refractivity contribution in [2.45, 2.75) is 24.9 Å². The quantitative estimate of drug-likeness (QED) is 0.406. The van der Waals surface area contributed by atoms with Gasteiger partial charge >= 0.3 is 11.9 Å². The van der Waals surface area contributed by atoms with Crippen LogP contribution in [0.2, 0.25) is 0 Å². The van der Waals surface area contributed by atoms with Crippen LogP contribution in [0.4, 0.5) is 8.78 Å². The molecule has 2 aromatic rings. The average molecular weight is 508 g/mol. The molecule has 35 heavy (non-hydrogen) atoms. The van der Waals surface area contributed by atoms with Gasteiger partial charge in [-0.3, -0.25) is 19.3 Å². The number of furan rings is 1. The van der Waals surface area contributed by atoms with Crippen molar-refractivity contribution in [2.24, 2.45) is 0 Å². The molecule has 2 amide bonds. The molecule has 3 heterocycles. The van der Waals surface area contributed by atoms with Crippen LogP contribution in [-0.4, -0.2) is 57.5 Å². The Kier molecular flexibility index (Phi) is 6.78. The number of β-lactam (4-membered cyclic amide) rings is 1. The number of benzene rings is 1. The third-order valence-electron chi connectivity index (χ3n) is 5.14. The fourth-order valence-electron chi connectivity index (χ4n) is 3.51. The van der Waals surface area contributed by atoms with E-state index >= 15 is 0 Å². The van der Waals surface area contributed by atoms with Gasteiger partial charge in [0, 0.05) is 24.3 Å². The number of ether oxygens (including phenoxy) is 2. The summed E-state index contributed by atoms with van der Waals surface area (Å²) in [6.07, 6.45) is 0. The summed E-state index contributed by atoms with van der Waals surface area (Å²) in [4.78, 5) is 49.1. The van der Waals surface area contributed by atoms with E-state index in [-0.39, 0.29) is 47.5 Å². The summed E-state index contributed by atoms with van der Waals surface area (Å²) >= 11 is 1.22. The Morgan fingerprint density at radius 2 is 2.00 bits per heavy atom. The summed E-state index contributed by atoms with van der Waals surface area (Å²) in [6, 6.07) is 4.59. The highest BCUT2D eigenvalue weighted by molar-refractivity contribution is 8.00. The van der Waals surface area contributed by atoms with E-state index in [1.54, 1.807) is 0 Å². The van der Waals surface area contributed by atoms with Gasteiger partial charge in [0.05, 0.1) is 0 Å². The number of esters is 1. The highest BCUT2D eigenvalue weighted by atomic mass is 32.2. The molecule has 0 radical (unpaired) electrons. The van der Waals surface area contributed by atoms with Gasteiger partial charge in [0.25, 0.3) is 11.8 Å². The first kappa shape index (κ1) is 24.3. The molecule has 2 aliphatic heterocycles. The standard InChI is InChI=1S/C22H18F2N2O8S/c1-10(27)32-7-11-9-35-21-17(20(29)26(21)18(11)22(30)31)25-19(28)16-5-3-13(34-16)8-33-15-4-2-12(23)6-14(15)24/h2-6,17,21H,7-9H2,1H3,(H,25,28)(H,30,31). The fraction of sp³-hybridized carbons (Fsp3) is 0.273. The van der Waals surface area contributed by atoms with Crippen molar-refractivity contribution in [3.63, 3.8) is 0 Å². The van der Waals surface area contributed by atoms with E-state index in [0.717, 1.165) is 17.0 Å². The maximum atomic E-state index is 13.7. The van der Waals surface area contributed by atoms with Gasteiger partial charge in [0.1, 0.15) is 41.9 Å². The van der Waals surface area contributed by atoms with Crippen LogP contribution in [-0.2, 0) is 25.7 Å². The Labute approximate surface area is 200 Å². The molecule has 0 spiro atoms. The second-order valence-electron chi connectivity index (χ2n) is 7.53. The summed E-state index contributed by atoms with van der Waals surface area (Å²) in [5.41, 5.74) is 0.0105. The average Bonchev–Trinajstić information content (AvgIpc) is 3.28. The number of carbonyl (C=O) groups is 4. The molecule has 184 valence electrons. The second kappa shape index (κ2) is 9.78. The van der Waals surface area contributed by atoms with E-state index in [1.165, 1.54) is 30.8 Å². The minimum Gasteiger partial charge on any atom is -0.483 e. The van der Waals surface area contributed by atoms with Gasteiger partial charge in [-0.05, 0) is 24.3 Å². The topological polar surface area (TPSA) is 135 Å². The zero-order valence-corrected chi connectivity index (χ0v) is 18.9. The van der Waals surface area contributed by atoms with Crippen LogP contribution >= 0.6 is 11.8 Å². The monoisotopic (exact) mass is 508 g/mol. The Bertz CT molecular complexity index is 1240. The summed E-state index contributed by atoms with van der Waals surface area (Å²) in [5, 5.41) is 11.4. The van der Waals surface area contributed by atoms with Crippen LogP contribution in [0.15, 0.2) is 46.0 Å². The first-order valence-electron chi connectivity index (χ1n) is 10.2. The van der Waals surface area contributed by atoms with Crippen LogP contribution in [0.25, 0.3) is 0 Å². The lowest BCUT2D eigenvalue weighted by molar-refractivity contribution is -0.149. The molecule has 2 N–H and O–H groups in total. The van der Waals surface area contributed by atoms with Crippen LogP contribution in [0.3, 0.4) is 0 Å². The SMILES string of the molecule is CC(=O)OCC1=C(C(=O)O)N2C(=O)C(NC(=O)c3ccc(COc4ccc(F)cc4F)o3)C2SC1. The second-order valence-corrected chi connectivity index (χ2v) is 8.63. The van der Waals surface area contributed by atoms with Gasteiger partial charge < -0.3 is 24.3 Å². The molecule has 0 saturated carbocycles. The molecular weight excluding hydrogens is 490 g/mol. The third-order valence-corrected chi connectivity index (χ3v) is 6.48.